The number of rotatable bonds is 2. The van der Waals surface area contributed by atoms with Crippen LogP contribution in [0.5, 0.6) is 0 Å². The molecular formula is C13H20FNO. The zero-order chi connectivity index (χ0) is 12.5. The quantitative estimate of drug-likeness (QED) is 0.812. The monoisotopic (exact) mass is 225 g/mol. The van der Waals surface area contributed by atoms with Gasteiger partial charge in [-0.15, -0.1) is 0 Å². The lowest BCUT2D eigenvalue weighted by molar-refractivity contribution is 0.0398. The van der Waals surface area contributed by atoms with Gasteiger partial charge in [0.05, 0.1) is 12.1 Å². The molecule has 0 saturated heterocycles. The Hall–Kier alpha value is -0.930. The van der Waals surface area contributed by atoms with Gasteiger partial charge in [0, 0.05) is 0 Å². The van der Waals surface area contributed by atoms with E-state index in [9.17, 15) is 9.50 Å². The molecule has 16 heavy (non-hydrogen) atoms. The number of hydrogen-bond donors (Lipinski definition) is 2. The molecule has 0 aliphatic carbocycles. The zero-order valence-corrected chi connectivity index (χ0v) is 10.3. The third-order valence-electron chi connectivity index (χ3n) is 2.90. The lowest BCUT2D eigenvalue weighted by Crippen LogP contribution is -2.37. The van der Waals surface area contributed by atoms with Crippen LogP contribution in [0.25, 0.3) is 0 Å². The second-order valence-electron chi connectivity index (χ2n) is 5.29. The molecule has 0 heterocycles. The third kappa shape index (κ3) is 2.60. The van der Waals surface area contributed by atoms with Gasteiger partial charge in [-0.2, -0.15) is 0 Å². The van der Waals surface area contributed by atoms with Gasteiger partial charge in [-0.3, -0.25) is 0 Å². The second kappa shape index (κ2) is 4.52. The minimum absolute atomic E-state index is 0.283. The fraction of sp³-hybridized carbons (Fsp3) is 0.538. The van der Waals surface area contributed by atoms with E-state index in [0.29, 0.717) is 11.1 Å². The Morgan fingerprint density at radius 3 is 2.38 bits per heavy atom. The van der Waals surface area contributed by atoms with Crippen molar-refractivity contribution in [1.29, 1.82) is 0 Å². The van der Waals surface area contributed by atoms with Gasteiger partial charge in [-0.05, 0) is 29.5 Å². The highest BCUT2D eigenvalue weighted by molar-refractivity contribution is 5.30. The molecule has 2 nitrogen and oxygen atoms in total. The Morgan fingerprint density at radius 2 is 1.88 bits per heavy atom. The van der Waals surface area contributed by atoms with Crippen LogP contribution < -0.4 is 5.73 Å². The molecule has 0 unspecified atom stereocenters. The molecular weight excluding hydrogens is 205 g/mol. The standard InChI is InChI=1S/C13H20FNO/c1-8-9(6-5-7-10(8)14)11(15)12(16)13(2,3)4/h5-7,11-12,16H,15H2,1-4H3/t11-,12-/m1/s1. The molecule has 1 aromatic carbocycles. The van der Waals surface area contributed by atoms with Gasteiger partial charge in [-0.25, -0.2) is 4.39 Å². The predicted octanol–water partition coefficient (Wildman–Crippen LogP) is 2.54. The normalized spacial score (nSPS) is 15.9. The Morgan fingerprint density at radius 1 is 1.31 bits per heavy atom. The van der Waals surface area contributed by atoms with E-state index in [2.05, 4.69) is 0 Å². The molecule has 0 radical (unpaired) electrons. The summed E-state index contributed by atoms with van der Waals surface area (Å²) in [7, 11) is 0. The van der Waals surface area contributed by atoms with Crippen LogP contribution in [0.2, 0.25) is 0 Å². The minimum atomic E-state index is -0.701. The first kappa shape index (κ1) is 13.1. The molecule has 0 aliphatic heterocycles. The highest BCUT2D eigenvalue weighted by Crippen LogP contribution is 2.30. The Kier molecular flexibility index (Phi) is 3.71. The first-order valence-corrected chi connectivity index (χ1v) is 5.44. The minimum Gasteiger partial charge on any atom is -0.391 e. The van der Waals surface area contributed by atoms with Gasteiger partial charge < -0.3 is 10.8 Å². The Labute approximate surface area is 96.3 Å². The van der Waals surface area contributed by atoms with Crippen molar-refractivity contribution in [2.24, 2.45) is 11.1 Å². The van der Waals surface area contributed by atoms with Crippen molar-refractivity contribution in [3.8, 4) is 0 Å². The van der Waals surface area contributed by atoms with Crippen molar-refractivity contribution in [3.05, 3.63) is 35.1 Å². The summed E-state index contributed by atoms with van der Waals surface area (Å²) in [6.45, 7) is 7.41. The molecule has 0 saturated carbocycles. The molecule has 2 atom stereocenters. The van der Waals surface area contributed by atoms with Crippen LogP contribution in [0, 0.1) is 18.2 Å². The van der Waals surface area contributed by atoms with Crippen LogP contribution >= 0.6 is 0 Å². The van der Waals surface area contributed by atoms with E-state index in [1.54, 1.807) is 19.1 Å². The van der Waals surface area contributed by atoms with Gasteiger partial charge in [-0.1, -0.05) is 32.9 Å². The van der Waals surface area contributed by atoms with Crippen molar-refractivity contribution in [2.75, 3.05) is 0 Å². The summed E-state index contributed by atoms with van der Waals surface area (Å²) >= 11 is 0. The number of halogens is 1. The summed E-state index contributed by atoms with van der Waals surface area (Å²) in [5.41, 5.74) is 6.84. The summed E-state index contributed by atoms with van der Waals surface area (Å²) in [5, 5.41) is 10.1. The first-order valence-electron chi connectivity index (χ1n) is 5.44. The van der Waals surface area contributed by atoms with E-state index < -0.39 is 12.1 Å². The number of nitrogens with two attached hydrogens (primary N) is 1. The largest absolute Gasteiger partial charge is 0.391 e. The fourth-order valence-electron chi connectivity index (χ4n) is 1.69. The van der Waals surface area contributed by atoms with Gasteiger partial charge in [0.15, 0.2) is 0 Å². The average Bonchev–Trinajstić information content (AvgIpc) is 2.18. The summed E-state index contributed by atoms with van der Waals surface area (Å²) in [6, 6.07) is 4.22. The summed E-state index contributed by atoms with van der Waals surface area (Å²) < 4.78 is 13.4. The van der Waals surface area contributed by atoms with E-state index >= 15 is 0 Å². The average molecular weight is 225 g/mol. The molecule has 0 bridgehead atoms. The molecule has 0 spiro atoms. The lowest BCUT2D eigenvalue weighted by atomic mass is 9.81. The van der Waals surface area contributed by atoms with E-state index in [1.807, 2.05) is 20.8 Å². The number of aliphatic hydroxyl groups excluding tert-OH is 1. The van der Waals surface area contributed by atoms with Crippen molar-refractivity contribution >= 4 is 0 Å². The number of aliphatic hydroxyl groups is 1. The molecule has 1 rings (SSSR count). The first-order chi connectivity index (χ1) is 7.25. The van der Waals surface area contributed by atoms with Crippen LogP contribution in [-0.2, 0) is 0 Å². The number of benzene rings is 1. The zero-order valence-electron chi connectivity index (χ0n) is 10.3. The molecule has 90 valence electrons. The van der Waals surface area contributed by atoms with Gasteiger partial charge in [0.25, 0.3) is 0 Å². The second-order valence-corrected chi connectivity index (χ2v) is 5.29. The molecule has 0 aliphatic rings. The predicted molar refractivity (Wildman–Crippen MR) is 63.5 cm³/mol. The van der Waals surface area contributed by atoms with Crippen molar-refractivity contribution in [3.63, 3.8) is 0 Å². The molecule has 3 N–H and O–H groups in total. The smallest absolute Gasteiger partial charge is 0.126 e. The SMILES string of the molecule is Cc1c(F)cccc1[C@@H](N)[C@@H](O)C(C)(C)C. The molecule has 3 heteroatoms. The molecule has 1 aromatic rings. The van der Waals surface area contributed by atoms with Crippen molar-refractivity contribution in [2.45, 2.75) is 39.8 Å². The van der Waals surface area contributed by atoms with Crippen LogP contribution in [0.15, 0.2) is 18.2 Å². The van der Waals surface area contributed by atoms with Gasteiger partial charge in [0.1, 0.15) is 5.82 Å². The van der Waals surface area contributed by atoms with Crippen LogP contribution in [0.3, 0.4) is 0 Å². The summed E-state index contributed by atoms with van der Waals surface area (Å²) in [6.07, 6.45) is -0.701. The maximum absolute atomic E-state index is 13.4. The van der Waals surface area contributed by atoms with Crippen molar-refractivity contribution < 1.29 is 9.50 Å². The highest BCUT2D eigenvalue weighted by atomic mass is 19.1. The summed E-state index contributed by atoms with van der Waals surface area (Å²) in [5.74, 6) is -0.283. The van der Waals surface area contributed by atoms with Gasteiger partial charge in [0.2, 0.25) is 0 Å². The van der Waals surface area contributed by atoms with E-state index in [4.69, 9.17) is 5.73 Å². The maximum Gasteiger partial charge on any atom is 0.126 e. The van der Waals surface area contributed by atoms with Crippen LogP contribution in [0.1, 0.15) is 37.9 Å². The number of hydrogen-bond acceptors (Lipinski definition) is 2. The third-order valence-corrected chi connectivity index (χ3v) is 2.90. The summed E-state index contributed by atoms with van der Waals surface area (Å²) in [4.78, 5) is 0. The Balaban J connectivity index is 3.06. The fourth-order valence-corrected chi connectivity index (χ4v) is 1.69. The van der Waals surface area contributed by atoms with Crippen molar-refractivity contribution in [1.82, 2.24) is 0 Å². The molecule has 0 amide bonds. The van der Waals surface area contributed by atoms with Gasteiger partial charge >= 0.3 is 0 Å². The topological polar surface area (TPSA) is 46.2 Å². The lowest BCUT2D eigenvalue weighted by Gasteiger charge is -2.31. The Bertz CT molecular complexity index is 371. The van der Waals surface area contributed by atoms with Crippen LogP contribution in [-0.4, -0.2) is 11.2 Å². The maximum atomic E-state index is 13.4. The highest BCUT2D eigenvalue weighted by Gasteiger charge is 2.30. The van der Waals surface area contributed by atoms with E-state index in [1.165, 1.54) is 6.07 Å². The molecule has 0 aromatic heterocycles. The van der Waals surface area contributed by atoms with E-state index in [-0.39, 0.29) is 11.2 Å². The van der Waals surface area contributed by atoms with E-state index in [0.717, 1.165) is 0 Å². The van der Waals surface area contributed by atoms with Crippen LogP contribution in [0.4, 0.5) is 4.39 Å². The molecule has 0 fully saturated rings.